The van der Waals surface area contributed by atoms with E-state index >= 15 is 0 Å². The molecule has 1 heterocycles. The third kappa shape index (κ3) is 1.47. The maximum absolute atomic E-state index is 9.07. The Kier molecular flexibility index (Phi) is 2.06. The number of fused-ring (bicyclic) bond motifs is 1. The van der Waals surface area contributed by atoms with Crippen LogP contribution in [0.5, 0.6) is 11.5 Å². The maximum Gasteiger partial charge on any atom is 0.164 e. The van der Waals surface area contributed by atoms with Crippen molar-refractivity contribution in [1.82, 2.24) is 0 Å². The predicted octanol–water partition coefficient (Wildman–Crippen LogP) is 1.55. The second-order valence-corrected chi connectivity index (χ2v) is 4.16. The van der Waals surface area contributed by atoms with Crippen molar-refractivity contribution in [2.75, 3.05) is 19.8 Å². The number of aliphatic hydroxyl groups is 1. The molecule has 1 fully saturated rings. The summed E-state index contributed by atoms with van der Waals surface area (Å²) < 4.78 is 11.2. The minimum atomic E-state index is 0.273. The molecule has 0 spiro atoms. The molecule has 3 rings (SSSR count). The Bertz CT molecular complexity index is 375. The van der Waals surface area contributed by atoms with Gasteiger partial charge in [0.25, 0.3) is 0 Å². The summed E-state index contributed by atoms with van der Waals surface area (Å²) in [5.74, 6) is 2.63. The van der Waals surface area contributed by atoms with Crippen LogP contribution in [0.1, 0.15) is 17.9 Å². The summed E-state index contributed by atoms with van der Waals surface area (Å²) in [6, 6.07) is 6.01. The summed E-state index contributed by atoms with van der Waals surface area (Å²) in [5.41, 5.74) is 1.20. The number of rotatable bonds is 2. The molecular weight excluding hydrogens is 192 g/mol. The van der Waals surface area contributed by atoms with Gasteiger partial charge in [-0.2, -0.15) is 0 Å². The van der Waals surface area contributed by atoms with Crippen LogP contribution in [0.2, 0.25) is 0 Å². The minimum Gasteiger partial charge on any atom is -0.486 e. The molecule has 2 unspecified atom stereocenters. The van der Waals surface area contributed by atoms with Crippen molar-refractivity contribution in [2.45, 2.75) is 12.3 Å². The zero-order chi connectivity index (χ0) is 10.3. The number of ether oxygens (including phenoxy) is 2. The summed E-state index contributed by atoms with van der Waals surface area (Å²) in [5, 5.41) is 9.07. The van der Waals surface area contributed by atoms with Crippen molar-refractivity contribution in [3.63, 3.8) is 0 Å². The zero-order valence-electron chi connectivity index (χ0n) is 8.48. The fraction of sp³-hybridized carbons (Fsp3) is 0.500. The number of benzene rings is 1. The number of para-hydroxylation sites is 1. The van der Waals surface area contributed by atoms with Gasteiger partial charge in [0.05, 0.1) is 0 Å². The number of hydrogen-bond donors (Lipinski definition) is 1. The third-order valence-corrected chi connectivity index (χ3v) is 3.15. The highest BCUT2D eigenvalue weighted by Crippen LogP contribution is 2.52. The lowest BCUT2D eigenvalue weighted by molar-refractivity contribution is 0.169. The Hall–Kier alpha value is -1.22. The highest BCUT2D eigenvalue weighted by molar-refractivity contribution is 5.50. The average molecular weight is 206 g/mol. The first-order valence-corrected chi connectivity index (χ1v) is 5.39. The van der Waals surface area contributed by atoms with E-state index in [4.69, 9.17) is 14.6 Å². The van der Waals surface area contributed by atoms with Crippen LogP contribution in [-0.4, -0.2) is 24.9 Å². The quantitative estimate of drug-likeness (QED) is 0.798. The molecule has 80 valence electrons. The molecule has 3 nitrogen and oxygen atoms in total. The molecule has 1 aliphatic heterocycles. The summed E-state index contributed by atoms with van der Waals surface area (Å²) in [4.78, 5) is 0. The standard InChI is InChI=1S/C12H14O3/c13-7-8-6-10(8)9-2-1-3-11-12(9)15-5-4-14-11/h1-3,8,10,13H,4-7H2. The highest BCUT2D eigenvalue weighted by Gasteiger charge is 2.40. The molecular formula is C12H14O3. The highest BCUT2D eigenvalue weighted by atomic mass is 16.6. The second-order valence-electron chi connectivity index (χ2n) is 4.16. The smallest absolute Gasteiger partial charge is 0.164 e. The molecule has 1 aromatic rings. The van der Waals surface area contributed by atoms with Crippen molar-refractivity contribution >= 4 is 0 Å². The van der Waals surface area contributed by atoms with Gasteiger partial charge in [0, 0.05) is 12.2 Å². The monoisotopic (exact) mass is 206 g/mol. The molecule has 0 bridgehead atoms. The van der Waals surface area contributed by atoms with Crippen molar-refractivity contribution in [2.24, 2.45) is 5.92 Å². The van der Waals surface area contributed by atoms with Crippen LogP contribution < -0.4 is 9.47 Å². The van der Waals surface area contributed by atoms with Crippen molar-refractivity contribution in [1.29, 1.82) is 0 Å². The van der Waals surface area contributed by atoms with Gasteiger partial charge < -0.3 is 14.6 Å². The lowest BCUT2D eigenvalue weighted by Crippen LogP contribution is -2.16. The molecule has 0 aromatic heterocycles. The van der Waals surface area contributed by atoms with E-state index in [1.54, 1.807) is 0 Å². The average Bonchev–Trinajstić information content (AvgIpc) is 3.07. The van der Waals surface area contributed by atoms with E-state index in [0.29, 0.717) is 25.0 Å². The Morgan fingerprint density at radius 2 is 2.13 bits per heavy atom. The molecule has 2 aliphatic rings. The topological polar surface area (TPSA) is 38.7 Å². The van der Waals surface area contributed by atoms with Crippen molar-refractivity contribution in [3.05, 3.63) is 23.8 Å². The SMILES string of the molecule is OCC1CC1c1cccc2c1OCCO2. The number of aliphatic hydroxyl groups excluding tert-OH is 1. The molecule has 1 saturated carbocycles. The van der Waals surface area contributed by atoms with E-state index in [1.165, 1.54) is 5.56 Å². The first-order valence-electron chi connectivity index (χ1n) is 5.39. The Balaban J connectivity index is 1.94. The van der Waals surface area contributed by atoms with Gasteiger partial charge in [-0.05, 0) is 24.3 Å². The molecule has 2 atom stereocenters. The van der Waals surface area contributed by atoms with Gasteiger partial charge in [0.1, 0.15) is 13.2 Å². The van der Waals surface area contributed by atoms with Crippen LogP contribution >= 0.6 is 0 Å². The van der Waals surface area contributed by atoms with Gasteiger partial charge in [-0.1, -0.05) is 12.1 Å². The molecule has 1 N–H and O–H groups in total. The van der Waals surface area contributed by atoms with Gasteiger partial charge in [-0.3, -0.25) is 0 Å². The van der Waals surface area contributed by atoms with E-state index in [1.807, 2.05) is 12.1 Å². The van der Waals surface area contributed by atoms with E-state index in [2.05, 4.69) is 6.07 Å². The Morgan fingerprint density at radius 3 is 2.93 bits per heavy atom. The van der Waals surface area contributed by atoms with Gasteiger partial charge >= 0.3 is 0 Å². The minimum absolute atomic E-state index is 0.273. The molecule has 0 amide bonds. The van der Waals surface area contributed by atoms with Crippen molar-refractivity contribution < 1.29 is 14.6 Å². The summed E-state index contributed by atoms with van der Waals surface area (Å²) in [6.07, 6.45) is 1.07. The summed E-state index contributed by atoms with van der Waals surface area (Å²) >= 11 is 0. The van der Waals surface area contributed by atoms with Gasteiger partial charge in [0.2, 0.25) is 0 Å². The zero-order valence-corrected chi connectivity index (χ0v) is 8.48. The molecule has 15 heavy (non-hydrogen) atoms. The number of hydrogen-bond acceptors (Lipinski definition) is 3. The van der Waals surface area contributed by atoms with E-state index < -0.39 is 0 Å². The summed E-state index contributed by atoms with van der Waals surface area (Å²) in [6.45, 7) is 1.53. The lowest BCUT2D eigenvalue weighted by Gasteiger charge is -2.21. The fourth-order valence-corrected chi connectivity index (χ4v) is 2.22. The van der Waals surface area contributed by atoms with Crippen LogP contribution in [-0.2, 0) is 0 Å². The summed E-state index contributed by atoms with van der Waals surface area (Å²) in [7, 11) is 0. The van der Waals surface area contributed by atoms with Gasteiger partial charge in [-0.25, -0.2) is 0 Å². The Morgan fingerprint density at radius 1 is 1.27 bits per heavy atom. The first kappa shape index (κ1) is 9.04. The normalized spacial score (nSPS) is 27.5. The predicted molar refractivity (Wildman–Crippen MR) is 55.4 cm³/mol. The van der Waals surface area contributed by atoms with Gasteiger partial charge in [-0.15, -0.1) is 0 Å². The first-order chi connectivity index (χ1) is 7.40. The van der Waals surface area contributed by atoms with E-state index in [-0.39, 0.29) is 6.61 Å². The Labute approximate surface area is 88.6 Å². The van der Waals surface area contributed by atoms with E-state index in [9.17, 15) is 0 Å². The molecule has 0 saturated heterocycles. The lowest BCUT2D eigenvalue weighted by atomic mass is 10.1. The van der Waals surface area contributed by atoms with Crippen LogP contribution in [0.3, 0.4) is 0 Å². The fourth-order valence-electron chi connectivity index (χ4n) is 2.22. The largest absolute Gasteiger partial charge is 0.486 e. The second kappa shape index (κ2) is 3.42. The van der Waals surface area contributed by atoms with Crippen molar-refractivity contribution in [3.8, 4) is 11.5 Å². The van der Waals surface area contributed by atoms with E-state index in [0.717, 1.165) is 17.9 Å². The van der Waals surface area contributed by atoms with Crippen LogP contribution in [0, 0.1) is 5.92 Å². The van der Waals surface area contributed by atoms with Crippen LogP contribution in [0.25, 0.3) is 0 Å². The van der Waals surface area contributed by atoms with Crippen LogP contribution in [0.4, 0.5) is 0 Å². The molecule has 1 aromatic carbocycles. The third-order valence-electron chi connectivity index (χ3n) is 3.15. The molecule has 3 heteroatoms. The molecule has 0 radical (unpaired) electrons. The van der Waals surface area contributed by atoms with Gasteiger partial charge in [0.15, 0.2) is 11.5 Å². The molecule has 1 aliphatic carbocycles. The maximum atomic E-state index is 9.07. The van der Waals surface area contributed by atoms with Crippen LogP contribution in [0.15, 0.2) is 18.2 Å².